The fourth-order valence-electron chi connectivity index (χ4n) is 2.68. The van der Waals surface area contributed by atoms with Crippen molar-refractivity contribution < 1.29 is 9.53 Å². The van der Waals surface area contributed by atoms with E-state index in [1.165, 1.54) is 19.3 Å². The second kappa shape index (κ2) is 7.13. The zero-order chi connectivity index (χ0) is 13.7. The van der Waals surface area contributed by atoms with Gasteiger partial charge >= 0.3 is 5.97 Å². The quantitative estimate of drug-likeness (QED) is 0.707. The van der Waals surface area contributed by atoms with Crippen molar-refractivity contribution in [1.29, 1.82) is 0 Å². The van der Waals surface area contributed by atoms with Crippen molar-refractivity contribution >= 4 is 5.97 Å². The number of likely N-dealkylation sites (N-methyl/N-ethyl adjacent to an activating group) is 1. The highest BCUT2D eigenvalue weighted by Gasteiger charge is 2.32. The molecule has 0 aromatic heterocycles. The maximum Gasteiger partial charge on any atom is 0.323 e. The van der Waals surface area contributed by atoms with E-state index in [4.69, 9.17) is 4.74 Å². The molecule has 0 aromatic rings. The summed E-state index contributed by atoms with van der Waals surface area (Å²) >= 11 is 0. The Kier molecular flexibility index (Phi) is 6.13. The van der Waals surface area contributed by atoms with E-state index < -0.39 is 0 Å². The largest absolute Gasteiger partial charge is 0.461 e. The molecule has 1 rings (SSSR count). The average Bonchev–Trinajstić information content (AvgIpc) is 2.29. The number of rotatable bonds is 5. The van der Waals surface area contributed by atoms with Gasteiger partial charge in [0, 0.05) is 0 Å². The van der Waals surface area contributed by atoms with Crippen molar-refractivity contribution in [3.8, 4) is 0 Å². The van der Waals surface area contributed by atoms with Gasteiger partial charge in [0.05, 0.1) is 0 Å². The molecule has 3 heteroatoms. The molecule has 1 aliphatic carbocycles. The lowest BCUT2D eigenvalue weighted by atomic mass is 9.89. The third kappa shape index (κ3) is 4.27. The van der Waals surface area contributed by atoms with Gasteiger partial charge in [-0.05, 0) is 51.6 Å². The van der Waals surface area contributed by atoms with E-state index in [0.29, 0.717) is 11.8 Å². The third-order valence-electron chi connectivity index (χ3n) is 4.18. The maximum atomic E-state index is 12.3. The monoisotopic (exact) mass is 255 g/mol. The Labute approximate surface area is 112 Å². The first-order chi connectivity index (χ1) is 8.43. The molecule has 0 bridgehead atoms. The van der Waals surface area contributed by atoms with Crippen LogP contribution in [0, 0.1) is 11.8 Å². The third-order valence-corrected chi connectivity index (χ3v) is 4.18. The molecule has 0 heterocycles. The zero-order valence-electron chi connectivity index (χ0n) is 12.6. The Bertz CT molecular complexity index is 257. The van der Waals surface area contributed by atoms with E-state index in [0.717, 1.165) is 12.8 Å². The smallest absolute Gasteiger partial charge is 0.323 e. The van der Waals surface area contributed by atoms with Crippen LogP contribution in [-0.2, 0) is 9.53 Å². The van der Waals surface area contributed by atoms with Crippen LogP contribution in [0.1, 0.15) is 52.9 Å². The second-order valence-electron chi connectivity index (χ2n) is 6.21. The highest BCUT2D eigenvalue weighted by atomic mass is 16.5. The van der Waals surface area contributed by atoms with Gasteiger partial charge in [-0.15, -0.1) is 0 Å². The van der Waals surface area contributed by atoms with Crippen molar-refractivity contribution in [1.82, 2.24) is 4.90 Å². The highest BCUT2D eigenvalue weighted by Crippen LogP contribution is 2.24. The minimum absolute atomic E-state index is 0.0342. The van der Waals surface area contributed by atoms with E-state index in [9.17, 15) is 4.79 Å². The lowest BCUT2D eigenvalue weighted by molar-refractivity contribution is -0.158. The predicted molar refractivity (Wildman–Crippen MR) is 74.4 cm³/mol. The van der Waals surface area contributed by atoms with Crippen LogP contribution in [0.4, 0.5) is 0 Å². The van der Waals surface area contributed by atoms with Crippen LogP contribution in [0.5, 0.6) is 0 Å². The molecule has 1 saturated carbocycles. The van der Waals surface area contributed by atoms with Gasteiger partial charge in [0.15, 0.2) is 0 Å². The van der Waals surface area contributed by atoms with Crippen molar-refractivity contribution in [3.05, 3.63) is 0 Å². The molecule has 18 heavy (non-hydrogen) atoms. The summed E-state index contributed by atoms with van der Waals surface area (Å²) in [5.41, 5.74) is 0. The highest BCUT2D eigenvalue weighted by molar-refractivity contribution is 5.76. The topological polar surface area (TPSA) is 29.5 Å². The van der Waals surface area contributed by atoms with E-state index in [-0.39, 0.29) is 18.1 Å². The molecule has 0 aromatic carbocycles. The molecule has 2 atom stereocenters. The van der Waals surface area contributed by atoms with Crippen molar-refractivity contribution in [2.24, 2.45) is 11.8 Å². The van der Waals surface area contributed by atoms with Gasteiger partial charge in [-0.1, -0.05) is 27.2 Å². The van der Waals surface area contributed by atoms with Crippen LogP contribution in [0.15, 0.2) is 0 Å². The number of ether oxygens (including phenoxy) is 1. The van der Waals surface area contributed by atoms with Crippen molar-refractivity contribution in [2.75, 3.05) is 14.1 Å². The van der Waals surface area contributed by atoms with Crippen LogP contribution in [0.2, 0.25) is 0 Å². The first-order valence-corrected chi connectivity index (χ1v) is 7.30. The summed E-state index contributed by atoms with van der Waals surface area (Å²) in [6.45, 7) is 6.46. The number of nitrogens with zero attached hydrogens (tertiary/aromatic N) is 1. The van der Waals surface area contributed by atoms with Gasteiger partial charge in [-0.25, -0.2) is 0 Å². The summed E-state index contributed by atoms with van der Waals surface area (Å²) in [6, 6.07) is -0.119. The molecule has 0 radical (unpaired) electrons. The molecule has 106 valence electrons. The summed E-state index contributed by atoms with van der Waals surface area (Å²) in [4.78, 5) is 14.3. The Morgan fingerprint density at radius 1 is 1.11 bits per heavy atom. The second-order valence-corrected chi connectivity index (χ2v) is 6.21. The number of carbonyl (C=O) groups excluding carboxylic acids is 1. The van der Waals surface area contributed by atoms with E-state index in [1.807, 2.05) is 19.0 Å². The maximum absolute atomic E-state index is 12.3. The minimum atomic E-state index is -0.119. The summed E-state index contributed by atoms with van der Waals surface area (Å²) in [6.07, 6.45) is 5.93. The molecule has 0 amide bonds. The molecule has 0 spiro atoms. The molecular weight excluding hydrogens is 226 g/mol. The molecule has 0 N–H and O–H groups in total. The molecular formula is C15H29NO2. The fourth-order valence-corrected chi connectivity index (χ4v) is 2.68. The lowest BCUT2D eigenvalue weighted by Gasteiger charge is -2.32. The number of hydrogen-bond donors (Lipinski definition) is 0. The standard InChI is InChI=1S/C15H29NO2/c1-11(2)12(3)14(16(4)5)15(17)18-13-9-7-6-8-10-13/h11-14H,6-10H2,1-5H3. The first-order valence-electron chi connectivity index (χ1n) is 7.30. The first kappa shape index (κ1) is 15.5. The van der Waals surface area contributed by atoms with E-state index in [2.05, 4.69) is 20.8 Å². The van der Waals surface area contributed by atoms with Gasteiger partial charge in [0.2, 0.25) is 0 Å². The van der Waals surface area contributed by atoms with Crippen molar-refractivity contribution in [2.45, 2.75) is 65.0 Å². The summed E-state index contributed by atoms with van der Waals surface area (Å²) in [7, 11) is 3.93. The lowest BCUT2D eigenvalue weighted by Crippen LogP contribution is -2.45. The summed E-state index contributed by atoms with van der Waals surface area (Å²) < 4.78 is 5.71. The summed E-state index contributed by atoms with van der Waals surface area (Å²) in [5.74, 6) is 0.764. The zero-order valence-corrected chi connectivity index (χ0v) is 12.6. The van der Waals surface area contributed by atoms with Gasteiger partial charge in [0.25, 0.3) is 0 Å². The Morgan fingerprint density at radius 2 is 1.67 bits per heavy atom. The Morgan fingerprint density at radius 3 is 2.11 bits per heavy atom. The predicted octanol–water partition coefficient (Wildman–Crippen LogP) is 3.08. The van der Waals surface area contributed by atoms with Crippen LogP contribution >= 0.6 is 0 Å². The van der Waals surface area contributed by atoms with Crippen molar-refractivity contribution in [3.63, 3.8) is 0 Å². The number of carbonyl (C=O) groups is 1. The summed E-state index contributed by atoms with van der Waals surface area (Å²) in [5, 5.41) is 0. The van der Waals surface area contributed by atoms with Crippen LogP contribution in [0.3, 0.4) is 0 Å². The van der Waals surface area contributed by atoms with E-state index >= 15 is 0 Å². The number of hydrogen-bond acceptors (Lipinski definition) is 3. The molecule has 3 nitrogen and oxygen atoms in total. The van der Waals surface area contributed by atoms with Gasteiger partial charge in [-0.3, -0.25) is 9.69 Å². The minimum Gasteiger partial charge on any atom is -0.461 e. The van der Waals surface area contributed by atoms with E-state index in [1.54, 1.807) is 0 Å². The molecule has 1 fully saturated rings. The fraction of sp³-hybridized carbons (Fsp3) is 0.933. The van der Waals surface area contributed by atoms with Crippen LogP contribution in [-0.4, -0.2) is 37.1 Å². The molecule has 0 saturated heterocycles. The average molecular weight is 255 g/mol. The normalized spacial score (nSPS) is 21.1. The molecule has 0 aliphatic heterocycles. The van der Waals surface area contributed by atoms with Crippen LogP contribution in [0.25, 0.3) is 0 Å². The number of esters is 1. The molecule has 2 unspecified atom stereocenters. The Balaban J connectivity index is 2.59. The molecule has 1 aliphatic rings. The van der Waals surface area contributed by atoms with Gasteiger partial charge in [0.1, 0.15) is 12.1 Å². The van der Waals surface area contributed by atoms with Gasteiger partial charge < -0.3 is 4.74 Å². The SMILES string of the molecule is CC(C)C(C)C(C(=O)OC1CCCCC1)N(C)C. The Hall–Kier alpha value is -0.570. The van der Waals surface area contributed by atoms with Gasteiger partial charge in [-0.2, -0.15) is 0 Å². The van der Waals surface area contributed by atoms with Crippen LogP contribution < -0.4 is 0 Å².